The van der Waals surface area contributed by atoms with E-state index in [9.17, 15) is 8.42 Å². The van der Waals surface area contributed by atoms with E-state index in [1.807, 2.05) is 19.2 Å². The lowest BCUT2D eigenvalue weighted by Gasteiger charge is -2.22. The van der Waals surface area contributed by atoms with Gasteiger partial charge in [0.05, 0.1) is 4.90 Å². The lowest BCUT2D eigenvalue weighted by molar-refractivity contribution is 0.476. The van der Waals surface area contributed by atoms with E-state index in [0.29, 0.717) is 11.4 Å². The van der Waals surface area contributed by atoms with Crippen molar-refractivity contribution in [3.63, 3.8) is 0 Å². The molecule has 156 valence electrons. The van der Waals surface area contributed by atoms with Crippen LogP contribution in [0, 0.1) is 0 Å². The van der Waals surface area contributed by atoms with Crippen molar-refractivity contribution in [1.82, 2.24) is 14.9 Å². The predicted molar refractivity (Wildman–Crippen MR) is 120 cm³/mol. The van der Waals surface area contributed by atoms with E-state index in [-0.39, 0.29) is 6.04 Å². The maximum absolute atomic E-state index is 12.3. The van der Waals surface area contributed by atoms with Crippen LogP contribution in [-0.2, 0) is 23.1 Å². The van der Waals surface area contributed by atoms with Crippen LogP contribution >= 0.6 is 11.8 Å². The summed E-state index contributed by atoms with van der Waals surface area (Å²) >= 11 is 1.73. The van der Waals surface area contributed by atoms with Crippen LogP contribution < -0.4 is 10.0 Å². The van der Waals surface area contributed by atoms with Crippen LogP contribution in [-0.4, -0.2) is 45.7 Å². The summed E-state index contributed by atoms with van der Waals surface area (Å²) in [6.07, 6.45) is 3.92. The minimum atomic E-state index is -3.41. The molecule has 0 aromatic heterocycles. The SMILES string of the molecule is CN=C(NCc1ccc(S(=O)(=O)NC2CC2)cc1)N(C)Cc1ccc(SC)cc1. The highest BCUT2D eigenvalue weighted by Gasteiger charge is 2.27. The zero-order chi connectivity index (χ0) is 20.9. The summed E-state index contributed by atoms with van der Waals surface area (Å²) in [5.41, 5.74) is 2.21. The van der Waals surface area contributed by atoms with Gasteiger partial charge in [-0.25, -0.2) is 13.1 Å². The quantitative estimate of drug-likeness (QED) is 0.381. The number of nitrogens with zero attached hydrogens (tertiary/aromatic N) is 2. The molecule has 3 rings (SSSR count). The van der Waals surface area contributed by atoms with Crippen LogP contribution in [0.2, 0.25) is 0 Å². The van der Waals surface area contributed by atoms with Crippen molar-refractivity contribution in [2.24, 2.45) is 4.99 Å². The van der Waals surface area contributed by atoms with Crippen molar-refractivity contribution < 1.29 is 8.42 Å². The molecule has 0 radical (unpaired) electrons. The molecular formula is C21H28N4O2S2. The molecule has 2 aromatic rings. The van der Waals surface area contributed by atoms with Gasteiger partial charge in [-0.2, -0.15) is 0 Å². The largest absolute Gasteiger partial charge is 0.352 e. The number of hydrogen-bond acceptors (Lipinski definition) is 4. The fourth-order valence-electron chi connectivity index (χ4n) is 2.92. The second-order valence-corrected chi connectivity index (χ2v) is 9.74. The van der Waals surface area contributed by atoms with Crippen LogP contribution in [0.1, 0.15) is 24.0 Å². The number of guanidine groups is 1. The molecule has 29 heavy (non-hydrogen) atoms. The Bertz CT molecular complexity index is 938. The standard InChI is InChI=1S/C21H28N4O2S2/c1-22-21(25(2)15-17-4-10-19(28-3)11-5-17)23-14-16-6-12-20(13-7-16)29(26,27)24-18-8-9-18/h4-7,10-13,18,24H,8-9,14-15H2,1-3H3,(H,22,23). The minimum Gasteiger partial charge on any atom is -0.352 e. The van der Waals surface area contributed by atoms with E-state index in [0.717, 1.165) is 30.9 Å². The molecule has 1 aliphatic rings. The third-order valence-corrected chi connectivity index (χ3v) is 7.02. The van der Waals surface area contributed by atoms with Gasteiger partial charge in [-0.3, -0.25) is 4.99 Å². The second kappa shape index (κ2) is 9.65. The zero-order valence-corrected chi connectivity index (χ0v) is 18.7. The molecule has 0 heterocycles. The molecule has 1 fully saturated rings. The molecule has 6 nitrogen and oxygen atoms in total. The Morgan fingerprint density at radius 1 is 1.10 bits per heavy atom. The van der Waals surface area contributed by atoms with Gasteiger partial charge in [-0.15, -0.1) is 11.8 Å². The van der Waals surface area contributed by atoms with Crippen LogP contribution in [0.15, 0.2) is 63.3 Å². The lowest BCUT2D eigenvalue weighted by Crippen LogP contribution is -2.38. The molecule has 8 heteroatoms. The third kappa shape index (κ3) is 6.22. The molecule has 0 spiro atoms. The van der Waals surface area contributed by atoms with Gasteiger partial charge in [0.25, 0.3) is 0 Å². The number of aliphatic imine (C=N–C) groups is 1. The Morgan fingerprint density at radius 2 is 1.72 bits per heavy atom. The molecule has 0 bridgehead atoms. The Morgan fingerprint density at radius 3 is 2.28 bits per heavy atom. The van der Waals surface area contributed by atoms with E-state index in [2.05, 4.69) is 50.5 Å². The molecule has 1 aliphatic carbocycles. The van der Waals surface area contributed by atoms with Gasteiger partial charge in [0.1, 0.15) is 0 Å². The average Bonchev–Trinajstić information content (AvgIpc) is 3.52. The Kier molecular flexibility index (Phi) is 7.21. The summed E-state index contributed by atoms with van der Waals surface area (Å²) < 4.78 is 27.2. The van der Waals surface area contributed by atoms with Gasteiger partial charge in [-0.05, 0) is 54.5 Å². The maximum atomic E-state index is 12.3. The topological polar surface area (TPSA) is 73.8 Å². The normalized spacial score (nSPS) is 14.7. The maximum Gasteiger partial charge on any atom is 0.240 e. The number of nitrogens with one attached hydrogen (secondary N) is 2. The van der Waals surface area contributed by atoms with E-state index >= 15 is 0 Å². The number of thioether (sulfide) groups is 1. The van der Waals surface area contributed by atoms with Gasteiger partial charge in [0.15, 0.2) is 5.96 Å². The molecular weight excluding hydrogens is 404 g/mol. The van der Waals surface area contributed by atoms with Gasteiger partial charge >= 0.3 is 0 Å². The van der Waals surface area contributed by atoms with Crippen LogP contribution in [0.3, 0.4) is 0 Å². The van der Waals surface area contributed by atoms with Crippen molar-refractivity contribution in [3.8, 4) is 0 Å². The van der Waals surface area contributed by atoms with Gasteiger partial charge in [0, 0.05) is 38.1 Å². The third-order valence-electron chi connectivity index (χ3n) is 4.74. The molecule has 2 N–H and O–H groups in total. The van der Waals surface area contributed by atoms with Crippen LogP contribution in [0.5, 0.6) is 0 Å². The summed E-state index contributed by atoms with van der Waals surface area (Å²) in [5, 5.41) is 3.34. The van der Waals surface area contributed by atoms with Gasteiger partial charge < -0.3 is 10.2 Å². The summed E-state index contributed by atoms with van der Waals surface area (Å²) in [6, 6.07) is 15.6. The first-order valence-electron chi connectivity index (χ1n) is 9.57. The highest BCUT2D eigenvalue weighted by atomic mass is 32.2. The fourth-order valence-corrected chi connectivity index (χ4v) is 4.63. The smallest absolute Gasteiger partial charge is 0.240 e. The molecule has 0 unspecified atom stereocenters. The van der Waals surface area contributed by atoms with Crippen LogP contribution in [0.25, 0.3) is 0 Å². The van der Waals surface area contributed by atoms with Crippen molar-refractivity contribution in [3.05, 3.63) is 59.7 Å². The van der Waals surface area contributed by atoms with Crippen molar-refractivity contribution in [1.29, 1.82) is 0 Å². The second-order valence-electron chi connectivity index (χ2n) is 7.14. The monoisotopic (exact) mass is 432 g/mol. The molecule has 2 aromatic carbocycles. The number of hydrogen-bond donors (Lipinski definition) is 2. The van der Waals surface area contributed by atoms with E-state index in [1.165, 1.54) is 10.5 Å². The van der Waals surface area contributed by atoms with E-state index in [4.69, 9.17) is 0 Å². The Labute approximate surface area is 177 Å². The first kappa shape index (κ1) is 21.7. The predicted octanol–water partition coefficient (Wildman–Crippen LogP) is 3.06. The Balaban J connectivity index is 1.55. The van der Waals surface area contributed by atoms with Crippen molar-refractivity contribution in [2.75, 3.05) is 20.4 Å². The fraction of sp³-hybridized carbons (Fsp3) is 0.381. The van der Waals surface area contributed by atoms with Crippen molar-refractivity contribution in [2.45, 2.75) is 41.8 Å². The summed E-state index contributed by atoms with van der Waals surface area (Å²) in [4.78, 5) is 7.97. The lowest BCUT2D eigenvalue weighted by atomic mass is 10.2. The molecule has 1 saturated carbocycles. The summed E-state index contributed by atoms with van der Waals surface area (Å²) in [6.45, 7) is 1.32. The van der Waals surface area contributed by atoms with E-state index < -0.39 is 10.0 Å². The highest BCUT2D eigenvalue weighted by molar-refractivity contribution is 7.98. The minimum absolute atomic E-state index is 0.108. The average molecular weight is 433 g/mol. The first-order valence-corrected chi connectivity index (χ1v) is 12.3. The van der Waals surface area contributed by atoms with Gasteiger partial charge in [-0.1, -0.05) is 24.3 Å². The number of benzene rings is 2. The van der Waals surface area contributed by atoms with E-state index in [1.54, 1.807) is 30.9 Å². The highest BCUT2D eigenvalue weighted by Crippen LogP contribution is 2.22. The number of rotatable bonds is 8. The molecule has 0 saturated heterocycles. The van der Waals surface area contributed by atoms with Crippen molar-refractivity contribution >= 4 is 27.7 Å². The van der Waals surface area contributed by atoms with Gasteiger partial charge in [0.2, 0.25) is 10.0 Å². The molecule has 0 atom stereocenters. The number of sulfonamides is 1. The first-order chi connectivity index (χ1) is 13.9. The molecule has 0 amide bonds. The molecule has 0 aliphatic heterocycles. The summed E-state index contributed by atoms with van der Waals surface area (Å²) in [7, 11) is 0.349. The zero-order valence-electron chi connectivity index (χ0n) is 17.1. The Hall–Kier alpha value is -2.03. The van der Waals surface area contributed by atoms with Crippen LogP contribution in [0.4, 0.5) is 0 Å². The summed E-state index contributed by atoms with van der Waals surface area (Å²) in [5.74, 6) is 0.783.